The van der Waals surface area contributed by atoms with Crippen LogP contribution < -0.4 is 5.73 Å². The van der Waals surface area contributed by atoms with Gasteiger partial charge in [-0.25, -0.2) is 4.98 Å². The van der Waals surface area contributed by atoms with Gasteiger partial charge in [-0.05, 0) is 47.9 Å². The molecule has 2 heterocycles. The molecule has 2 N–H and O–H groups in total. The Morgan fingerprint density at radius 2 is 2.00 bits per heavy atom. The molecule has 0 radical (unpaired) electrons. The fourth-order valence-corrected chi connectivity index (χ4v) is 2.89. The van der Waals surface area contributed by atoms with Crippen LogP contribution in [0.2, 0.25) is 5.02 Å². The Kier molecular flexibility index (Phi) is 5.61. The molecule has 0 atom stereocenters. The van der Waals surface area contributed by atoms with Crippen LogP contribution in [0.1, 0.15) is 27.2 Å². The van der Waals surface area contributed by atoms with Crippen molar-refractivity contribution in [2.75, 3.05) is 7.11 Å². The third kappa shape index (κ3) is 4.25. The third-order valence-corrected chi connectivity index (χ3v) is 4.11. The average molecular weight is 368 g/mol. The fraction of sp³-hybridized carbons (Fsp3) is 0.150. The molecule has 0 fully saturated rings. The van der Waals surface area contributed by atoms with E-state index in [1.807, 2.05) is 36.4 Å². The second kappa shape index (κ2) is 8.08. The van der Waals surface area contributed by atoms with Gasteiger partial charge < -0.3 is 10.5 Å². The number of aromatic nitrogens is 2. The van der Waals surface area contributed by atoms with Crippen molar-refractivity contribution in [2.24, 2.45) is 5.73 Å². The Bertz CT molecular complexity index is 927. The summed E-state index contributed by atoms with van der Waals surface area (Å²) in [4.78, 5) is 20.7. The lowest BCUT2D eigenvalue weighted by Crippen LogP contribution is -2.14. The molecule has 0 aliphatic rings. The summed E-state index contributed by atoms with van der Waals surface area (Å²) in [6.45, 7) is 0.346. The standard InChI is InChI=1S/C20H18ClN3O2/c1-26-12-16-6-7-17(20(22)25)19(24-16)18-8-5-14(11-23-18)9-13-3-2-4-15(21)10-13/h2-8,10-11H,9,12H2,1H3,(H2,22,25). The molecule has 2 aromatic heterocycles. The first kappa shape index (κ1) is 18.0. The Morgan fingerprint density at radius 3 is 2.65 bits per heavy atom. The second-order valence-corrected chi connectivity index (χ2v) is 6.29. The molecule has 1 amide bonds. The number of carbonyl (C=O) groups is 1. The van der Waals surface area contributed by atoms with Gasteiger partial charge in [-0.15, -0.1) is 0 Å². The van der Waals surface area contributed by atoms with Gasteiger partial charge >= 0.3 is 0 Å². The molecule has 26 heavy (non-hydrogen) atoms. The van der Waals surface area contributed by atoms with Crippen molar-refractivity contribution in [3.05, 3.63) is 82.1 Å². The minimum absolute atomic E-state index is 0.333. The molecule has 6 heteroatoms. The maximum Gasteiger partial charge on any atom is 0.250 e. The number of nitrogens with zero attached hydrogens (tertiary/aromatic N) is 2. The number of carbonyl (C=O) groups excluding carboxylic acids is 1. The molecule has 0 bridgehead atoms. The summed E-state index contributed by atoms with van der Waals surface area (Å²) in [5, 5.41) is 0.706. The number of halogens is 1. The van der Waals surface area contributed by atoms with Crippen LogP contribution in [0.5, 0.6) is 0 Å². The summed E-state index contributed by atoms with van der Waals surface area (Å²) in [7, 11) is 1.59. The van der Waals surface area contributed by atoms with Gasteiger partial charge in [0.05, 0.1) is 23.6 Å². The lowest BCUT2D eigenvalue weighted by molar-refractivity contribution is 0.100. The van der Waals surface area contributed by atoms with E-state index in [1.54, 1.807) is 25.4 Å². The van der Waals surface area contributed by atoms with E-state index < -0.39 is 5.91 Å². The Balaban J connectivity index is 1.90. The van der Waals surface area contributed by atoms with Crippen LogP contribution in [0.15, 0.2) is 54.7 Å². The van der Waals surface area contributed by atoms with Gasteiger partial charge in [0, 0.05) is 18.3 Å². The van der Waals surface area contributed by atoms with Crippen molar-refractivity contribution in [3.63, 3.8) is 0 Å². The van der Waals surface area contributed by atoms with E-state index in [-0.39, 0.29) is 0 Å². The zero-order valence-corrected chi connectivity index (χ0v) is 15.0. The third-order valence-electron chi connectivity index (χ3n) is 3.88. The van der Waals surface area contributed by atoms with E-state index in [0.29, 0.717) is 40.7 Å². The lowest BCUT2D eigenvalue weighted by Gasteiger charge is -2.09. The Morgan fingerprint density at radius 1 is 1.15 bits per heavy atom. The van der Waals surface area contributed by atoms with Crippen molar-refractivity contribution in [3.8, 4) is 11.4 Å². The maximum atomic E-state index is 11.7. The van der Waals surface area contributed by atoms with Crippen LogP contribution in [-0.2, 0) is 17.8 Å². The van der Waals surface area contributed by atoms with Crippen LogP contribution in [0.3, 0.4) is 0 Å². The number of methoxy groups -OCH3 is 1. The Labute approximate surface area is 156 Å². The first-order chi connectivity index (χ1) is 12.6. The number of amides is 1. The van der Waals surface area contributed by atoms with Crippen LogP contribution >= 0.6 is 11.6 Å². The highest BCUT2D eigenvalue weighted by atomic mass is 35.5. The quantitative estimate of drug-likeness (QED) is 0.721. The summed E-state index contributed by atoms with van der Waals surface area (Å²) in [6.07, 6.45) is 2.49. The number of nitrogens with two attached hydrogens (primary N) is 1. The molecule has 3 aromatic rings. The van der Waals surface area contributed by atoms with Gasteiger partial charge in [0.2, 0.25) is 0 Å². The predicted octanol–water partition coefficient (Wildman–Crippen LogP) is 3.63. The molecule has 5 nitrogen and oxygen atoms in total. The van der Waals surface area contributed by atoms with Gasteiger partial charge in [-0.1, -0.05) is 29.8 Å². The average Bonchev–Trinajstić information content (AvgIpc) is 2.62. The lowest BCUT2D eigenvalue weighted by atomic mass is 10.0. The summed E-state index contributed by atoms with van der Waals surface area (Å²) in [6, 6.07) is 14.9. The molecule has 0 aliphatic heterocycles. The second-order valence-electron chi connectivity index (χ2n) is 5.85. The molecule has 0 saturated heterocycles. The number of hydrogen-bond donors (Lipinski definition) is 1. The normalized spacial score (nSPS) is 10.7. The highest BCUT2D eigenvalue weighted by Crippen LogP contribution is 2.22. The van der Waals surface area contributed by atoms with Crippen LogP contribution in [0.4, 0.5) is 0 Å². The number of rotatable bonds is 6. The minimum Gasteiger partial charge on any atom is -0.378 e. The highest BCUT2D eigenvalue weighted by molar-refractivity contribution is 6.30. The monoisotopic (exact) mass is 367 g/mol. The molecule has 1 aromatic carbocycles. The summed E-state index contributed by atoms with van der Waals surface area (Å²) >= 11 is 6.03. The van der Waals surface area contributed by atoms with E-state index in [1.165, 1.54) is 0 Å². The molecule has 0 spiro atoms. The number of ether oxygens (including phenoxy) is 1. The molecule has 132 valence electrons. The molecular formula is C20H18ClN3O2. The Hall–Kier alpha value is -2.76. The SMILES string of the molecule is COCc1ccc(C(N)=O)c(-c2ccc(Cc3cccc(Cl)c3)cn2)n1. The summed E-state index contributed by atoms with van der Waals surface area (Å²) in [5.74, 6) is -0.540. The van der Waals surface area contributed by atoms with E-state index >= 15 is 0 Å². The largest absolute Gasteiger partial charge is 0.378 e. The number of benzene rings is 1. The molecule has 0 aliphatic carbocycles. The maximum absolute atomic E-state index is 11.7. The smallest absolute Gasteiger partial charge is 0.250 e. The predicted molar refractivity (Wildman–Crippen MR) is 101 cm³/mol. The summed E-state index contributed by atoms with van der Waals surface area (Å²) < 4.78 is 5.10. The van der Waals surface area contributed by atoms with Crippen molar-refractivity contribution >= 4 is 17.5 Å². The van der Waals surface area contributed by atoms with Crippen molar-refractivity contribution < 1.29 is 9.53 Å². The number of hydrogen-bond acceptors (Lipinski definition) is 4. The van der Waals surface area contributed by atoms with Crippen molar-refractivity contribution in [1.82, 2.24) is 9.97 Å². The van der Waals surface area contributed by atoms with Gasteiger partial charge in [0.1, 0.15) is 5.69 Å². The van der Waals surface area contributed by atoms with Crippen LogP contribution in [0.25, 0.3) is 11.4 Å². The van der Waals surface area contributed by atoms with Gasteiger partial charge in [0.15, 0.2) is 0 Å². The number of pyridine rings is 2. The first-order valence-electron chi connectivity index (χ1n) is 8.05. The van der Waals surface area contributed by atoms with E-state index in [0.717, 1.165) is 11.1 Å². The molecule has 3 rings (SSSR count). The zero-order chi connectivity index (χ0) is 18.5. The van der Waals surface area contributed by atoms with Gasteiger partial charge in [-0.2, -0.15) is 0 Å². The topological polar surface area (TPSA) is 78.1 Å². The molecule has 0 saturated carbocycles. The minimum atomic E-state index is -0.540. The molecular weight excluding hydrogens is 350 g/mol. The van der Waals surface area contributed by atoms with Crippen molar-refractivity contribution in [1.29, 1.82) is 0 Å². The van der Waals surface area contributed by atoms with E-state index in [2.05, 4.69) is 9.97 Å². The molecule has 0 unspecified atom stereocenters. The highest BCUT2D eigenvalue weighted by Gasteiger charge is 2.14. The number of primary amides is 1. The van der Waals surface area contributed by atoms with Crippen LogP contribution in [-0.4, -0.2) is 23.0 Å². The van der Waals surface area contributed by atoms with Crippen molar-refractivity contribution in [2.45, 2.75) is 13.0 Å². The summed E-state index contributed by atoms with van der Waals surface area (Å²) in [5.41, 5.74) is 9.69. The van der Waals surface area contributed by atoms with Crippen LogP contribution in [0, 0.1) is 0 Å². The van der Waals surface area contributed by atoms with E-state index in [9.17, 15) is 4.79 Å². The first-order valence-corrected chi connectivity index (χ1v) is 8.43. The zero-order valence-electron chi connectivity index (χ0n) is 14.3. The fourth-order valence-electron chi connectivity index (χ4n) is 2.67. The van der Waals surface area contributed by atoms with Gasteiger partial charge in [-0.3, -0.25) is 9.78 Å². The van der Waals surface area contributed by atoms with E-state index in [4.69, 9.17) is 22.1 Å². The van der Waals surface area contributed by atoms with Gasteiger partial charge in [0.25, 0.3) is 5.91 Å².